The molecule has 1 aromatic carbocycles. The van der Waals surface area contributed by atoms with Gasteiger partial charge in [0.15, 0.2) is 5.76 Å². The summed E-state index contributed by atoms with van der Waals surface area (Å²) in [6.45, 7) is 6.20. The molecule has 3 heterocycles. The number of nitrogens with zero attached hydrogens (tertiary/aromatic N) is 2. The topological polar surface area (TPSA) is 81.9 Å². The van der Waals surface area contributed by atoms with Gasteiger partial charge in [0.05, 0.1) is 6.21 Å². The number of carbonyl (C=O) groups excluding carboxylic acids is 1. The van der Waals surface area contributed by atoms with Gasteiger partial charge in [-0.05, 0) is 81.4 Å². The number of nitrogens with one attached hydrogen (secondary N) is 1. The summed E-state index contributed by atoms with van der Waals surface area (Å²) in [6, 6.07) is 18.9. The van der Waals surface area contributed by atoms with Gasteiger partial charge < -0.3 is 18.1 Å². The number of furan rings is 2. The number of rotatable bonds is 7. The Morgan fingerprint density at radius 2 is 1.71 bits per heavy atom. The molecule has 1 amide bonds. The lowest BCUT2D eigenvalue weighted by Crippen LogP contribution is -2.16. The van der Waals surface area contributed by atoms with Crippen LogP contribution < -0.4 is 10.2 Å². The summed E-state index contributed by atoms with van der Waals surface area (Å²) < 4.78 is 18.9. The number of ether oxygens (including phenoxy) is 1. The summed E-state index contributed by atoms with van der Waals surface area (Å²) in [5.74, 6) is 2.28. The zero-order chi connectivity index (χ0) is 21.8. The lowest BCUT2D eigenvalue weighted by Gasteiger charge is -2.10. The van der Waals surface area contributed by atoms with E-state index in [4.69, 9.17) is 13.6 Å². The third-order valence-corrected chi connectivity index (χ3v) is 4.75. The highest BCUT2D eigenvalue weighted by atomic mass is 16.5. The minimum absolute atomic E-state index is 0.153. The summed E-state index contributed by atoms with van der Waals surface area (Å²) in [6.07, 6.45) is 1.43. The molecule has 7 heteroatoms. The van der Waals surface area contributed by atoms with E-state index in [0.29, 0.717) is 17.3 Å². The van der Waals surface area contributed by atoms with Crippen LogP contribution in [0.2, 0.25) is 0 Å². The van der Waals surface area contributed by atoms with Crippen molar-refractivity contribution in [2.75, 3.05) is 0 Å². The van der Waals surface area contributed by atoms with Gasteiger partial charge in [0.2, 0.25) is 0 Å². The average molecular weight is 417 g/mol. The molecule has 158 valence electrons. The molecule has 0 radical (unpaired) electrons. The summed E-state index contributed by atoms with van der Waals surface area (Å²) in [4.78, 5) is 12.1. The number of hydrogen-bond acceptors (Lipinski definition) is 5. The van der Waals surface area contributed by atoms with Crippen LogP contribution in [0, 0.1) is 20.8 Å². The molecule has 0 atom stereocenters. The van der Waals surface area contributed by atoms with Crippen LogP contribution in [0.15, 0.2) is 74.6 Å². The molecule has 0 spiro atoms. The minimum Gasteiger partial charge on any atom is -0.486 e. The molecule has 0 aliphatic heterocycles. The van der Waals surface area contributed by atoms with Crippen LogP contribution in [-0.4, -0.2) is 16.7 Å². The highest BCUT2D eigenvalue weighted by molar-refractivity contribution is 5.92. The lowest BCUT2D eigenvalue weighted by molar-refractivity contribution is 0.0923. The van der Waals surface area contributed by atoms with Gasteiger partial charge in [-0.3, -0.25) is 4.79 Å². The van der Waals surface area contributed by atoms with E-state index in [9.17, 15) is 4.79 Å². The van der Waals surface area contributed by atoms with Gasteiger partial charge in [-0.15, -0.1) is 0 Å². The molecule has 0 bridgehead atoms. The molecule has 7 nitrogen and oxygen atoms in total. The second-order valence-electron chi connectivity index (χ2n) is 7.15. The zero-order valence-corrected chi connectivity index (χ0v) is 17.6. The number of benzene rings is 1. The van der Waals surface area contributed by atoms with Crippen molar-refractivity contribution in [1.82, 2.24) is 9.99 Å². The Hall–Kier alpha value is -4.00. The third kappa shape index (κ3) is 4.78. The maximum Gasteiger partial charge on any atom is 0.307 e. The fourth-order valence-corrected chi connectivity index (χ4v) is 3.23. The monoisotopic (exact) mass is 417 g/mol. The molecule has 0 unspecified atom stereocenters. The number of aromatic nitrogens is 1. The van der Waals surface area contributed by atoms with Crippen LogP contribution in [0.5, 0.6) is 5.75 Å². The van der Waals surface area contributed by atoms with Crippen molar-refractivity contribution < 1.29 is 18.4 Å². The molecule has 4 aromatic rings. The van der Waals surface area contributed by atoms with E-state index in [1.54, 1.807) is 18.2 Å². The van der Waals surface area contributed by atoms with Crippen molar-refractivity contribution in [2.45, 2.75) is 27.4 Å². The first kappa shape index (κ1) is 20.3. The molecule has 0 saturated carbocycles. The highest BCUT2D eigenvalue weighted by Gasteiger charge is 2.11. The number of amides is 1. The Morgan fingerprint density at radius 1 is 0.968 bits per heavy atom. The second-order valence-corrected chi connectivity index (χ2v) is 7.15. The fraction of sp³-hybridized carbons (Fsp3) is 0.167. The van der Waals surface area contributed by atoms with Crippen LogP contribution in [0.4, 0.5) is 0 Å². The summed E-state index contributed by atoms with van der Waals surface area (Å²) >= 11 is 0. The quantitative estimate of drug-likeness (QED) is 0.341. The Bertz CT molecular complexity index is 1190. The first-order valence-electron chi connectivity index (χ1n) is 9.86. The molecular formula is C24H23N3O4. The molecule has 1 N–H and O–H groups in total. The van der Waals surface area contributed by atoms with E-state index in [1.165, 1.54) is 17.6 Å². The largest absolute Gasteiger partial charge is 0.486 e. The Morgan fingerprint density at radius 3 is 2.39 bits per heavy atom. The van der Waals surface area contributed by atoms with Crippen LogP contribution in [0.3, 0.4) is 0 Å². The maximum absolute atomic E-state index is 12.1. The predicted molar refractivity (Wildman–Crippen MR) is 117 cm³/mol. The van der Waals surface area contributed by atoms with Gasteiger partial charge in [0.1, 0.15) is 29.6 Å². The smallest absolute Gasteiger partial charge is 0.307 e. The molecule has 0 aliphatic rings. The first-order valence-corrected chi connectivity index (χ1v) is 9.86. The van der Waals surface area contributed by atoms with Gasteiger partial charge in [0.25, 0.3) is 0 Å². The van der Waals surface area contributed by atoms with Gasteiger partial charge in [-0.2, -0.15) is 5.10 Å². The van der Waals surface area contributed by atoms with E-state index in [2.05, 4.69) is 41.1 Å². The lowest BCUT2D eigenvalue weighted by atomic mass is 10.3. The van der Waals surface area contributed by atoms with Crippen molar-refractivity contribution >= 4 is 12.1 Å². The standard InChI is InChI=1S/C24H23N3O4/c1-16-4-5-17(2)27(16)19-7-10-20(11-8-19)29-15-22-12-13-23(31-22)24(28)26-25-14-21-9-6-18(3)30-21/h4-14H,15H2,1-3H3,(H,26,28). The molecule has 0 aliphatic carbocycles. The number of aryl methyl sites for hydroxylation is 3. The van der Waals surface area contributed by atoms with Crippen LogP contribution in [-0.2, 0) is 6.61 Å². The fourth-order valence-electron chi connectivity index (χ4n) is 3.23. The van der Waals surface area contributed by atoms with Crippen molar-refractivity contribution in [1.29, 1.82) is 0 Å². The Kier molecular flexibility index (Phi) is 5.75. The van der Waals surface area contributed by atoms with Gasteiger partial charge in [0, 0.05) is 17.1 Å². The molecular weight excluding hydrogens is 394 g/mol. The molecule has 31 heavy (non-hydrogen) atoms. The van der Waals surface area contributed by atoms with Crippen molar-refractivity contribution in [3.8, 4) is 11.4 Å². The first-order chi connectivity index (χ1) is 15.0. The van der Waals surface area contributed by atoms with E-state index in [1.807, 2.05) is 37.3 Å². The number of carbonyl (C=O) groups is 1. The van der Waals surface area contributed by atoms with E-state index in [0.717, 1.165) is 11.4 Å². The second kappa shape index (κ2) is 8.79. The van der Waals surface area contributed by atoms with Crippen molar-refractivity contribution in [2.24, 2.45) is 5.10 Å². The Balaban J connectivity index is 1.32. The number of hydrogen-bond donors (Lipinski definition) is 1. The Labute approximate surface area is 179 Å². The molecule has 0 saturated heterocycles. The van der Waals surface area contributed by atoms with Crippen molar-refractivity contribution in [3.63, 3.8) is 0 Å². The van der Waals surface area contributed by atoms with Crippen LogP contribution in [0.25, 0.3) is 5.69 Å². The average Bonchev–Trinajstić information content (AvgIpc) is 3.48. The van der Waals surface area contributed by atoms with Crippen LogP contribution in [0.1, 0.15) is 39.2 Å². The SMILES string of the molecule is Cc1ccc(C=NNC(=O)c2ccc(COc3ccc(-n4c(C)ccc4C)cc3)o2)o1. The minimum atomic E-state index is -0.451. The zero-order valence-electron chi connectivity index (χ0n) is 17.6. The summed E-state index contributed by atoms with van der Waals surface area (Å²) in [5.41, 5.74) is 5.84. The number of hydrazone groups is 1. The summed E-state index contributed by atoms with van der Waals surface area (Å²) in [7, 11) is 0. The van der Waals surface area contributed by atoms with Gasteiger partial charge in [-0.1, -0.05) is 0 Å². The summed E-state index contributed by atoms with van der Waals surface area (Å²) in [5, 5.41) is 3.86. The van der Waals surface area contributed by atoms with Crippen molar-refractivity contribution in [3.05, 3.63) is 95.1 Å². The van der Waals surface area contributed by atoms with Gasteiger partial charge >= 0.3 is 5.91 Å². The van der Waals surface area contributed by atoms with Crippen LogP contribution >= 0.6 is 0 Å². The maximum atomic E-state index is 12.1. The van der Waals surface area contributed by atoms with E-state index in [-0.39, 0.29) is 12.4 Å². The van der Waals surface area contributed by atoms with E-state index >= 15 is 0 Å². The molecule has 4 rings (SSSR count). The molecule has 3 aromatic heterocycles. The van der Waals surface area contributed by atoms with E-state index < -0.39 is 5.91 Å². The molecule has 0 fully saturated rings. The predicted octanol–water partition coefficient (Wildman–Crippen LogP) is 4.93. The normalized spacial score (nSPS) is 11.2. The van der Waals surface area contributed by atoms with Gasteiger partial charge in [-0.25, -0.2) is 5.43 Å². The third-order valence-electron chi connectivity index (χ3n) is 4.75. The highest BCUT2D eigenvalue weighted by Crippen LogP contribution is 2.21.